The number of hydrogen-bond donors (Lipinski definition) is 0. The number of rotatable bonds is 3. The van der Waals surface area contributed by atoms with Gasteiger partial charge in [0, 0.05) is 17.5 Å². The van der Waals surface area contributed by atoms with E-state index in [0.717, 1.165) is 50.7 Å². The normalized spacial score (nSPS) is 12.2. The van der Waals surface area contributed by atoms with Gasteiger partial charge in [-0.1, -0.05) is 69.3 Å². The van der Waals surface area contributed by atoms with Crippen molar-refractivity contribution >= 4 is 32.7 Å². The summed E-state index contributed by atoms with van der Waals surface area (Å²) in [6.45, 7) is 8.84. The molecule has 0 fully saturated rings. The van der Waals surface area contributed by atoms with E-state index in [4.69, 9.17) is 4.42 Å². The van der Waals surface area contributed by atoms with E-state index in [1.807, 2.05) is 30.3 Å². The molecule has 2 aromatic heterocycles. The van der Waals surface area contributed by atoms with Crippen LogP contribution >= 0.6 is 0 Å². The molecule has 2 nitrogen and oxygen atoms in total. The molecule has 0 spiro atoms. The molecule has 2 heterocycles. The Hall–Kier alpha value is -3.98. The zero-order valence-electron chi connectivity index (χ0n) is 22.0. The molecule has 0 amide bonds. The largest absolute Gasteiger partial charge is 0.455 e. The number of aryl methyl sites for hydroxylation is 2. The van der Waals surface area contributed by atoms with E-state index in [9.17, 15) is 0 Å². The zero-order chi connectivity index (χ0) is 25.9. The van der Waals surface area contributed by atoms with E-state index >= 15 is 4.39 Å². The molecular formula is C34H31FNO+. The minimum Gasteiger partial charge on any atom is -0.455 e. The summed E-state index contributed by atoms with van der Waals surface area (Å²) in [5.74, 6) is -0.264. The number of aromatic nitrogens is 1. The minimum absolute atomic E-state index is 0.180. The first-order chi connectivity index (χ1) is 17.7. The van der Waals surface area contributed by atoms with Crippen molar-refractivity contribution in [2.45, 2.75) is 34.1 Å². The molecular weight excluding hydrogens is 457 g/mol. The molecule has 6 rings (SSSR count). The number of benzene rings is 4. The molecule has 0 unspecified atom stereocenters. The average molecular weight is 489 g/mol. The van der Waals surface area contributed by atoms with Crippen LogP contribution in [0, 0.1) is 18.2 Å². The summed E-state index contributed by atoms with van der Waals surface area (Å²) in [6.07, 6.45) is 3.08. The Bertz CT molecular complexity index is 1820. The summed E-state index contributed by atoms with van der Waals surface area (Å²) in [5, 5.41) is 3.64. The van der Waals surface area contributed by atoms with Crippen LogP contribution in [0.25, 0.3) is 55.1 Å². The molecule has 0 radical (unpaired) electrons. The second kappa shape index (κ2) is 8.55. The summed E-state index contributed by atoms with van der Waals surface area (Å²) in [6, 6.07) is 26.5. The summed E-state index contributed by atoms with van der Waals surface area (Å²) in [5.41, 5.74) is 7.72. The lowest BCUT2D eigenvalue weighted by molar-refractivity contribution is -0.660. The highest BCUT2D eigenvalue weighted by molar-refractivity contribution is 6.11. The van der Waals surface area contributed by atoms with Gasteiger partial charge in [0.15, 0.2) is 6.20 Å². The highest BCUT2D eigenvalue weighted by atomic mass is 19.1. The van der Waals surface area contributed by atoms with Gasteiger partial charge in [0.2, 0.25) is 5.69 Å². The smallest absolute Gasteiger partial charge is 0.216 e. The fourth-order valence-electron chi connectivity index (χ4n) is 5.46. The number of furan rings is 1. The summed E-state index contributed by atoms with van der Waals surface area (Å²) in [4.78, 5) is 0. The highest BCUT2D eigenvalue weighted by Crippen LogP contribution is 2.40. The number of hydrogen-bond acceptors (Lipinski definition) is 1. The molecule has 0 saturated heterocycles. The lowest BCUT2D eigenvalue weighted by Crippen LogP contribution is -2.31. The Morgan fingerprint density at radius 2 is 1.62 bits per heavy atom. The number of pyridine rings is 1. The third-order valence-electron chi connectivity index (χ3n) is 7.19. The Morgan fingerprint density at radius 1 is 0.838 bits per heavy atom. The van der Waals surface area contributed by atoms with Crippen LogP contribution in [0.15, 0.2) is 89.5 Å². The fraction of sp³-hybridized carbons (Fsp3) is 0.206. The number of nitrogens with zero attached hydrogens (tertiary/aromatic N) is 1. The zero-order valence-corrected chi connectivity index (χ0v) is 22.0. The van der Waals surface area contributed by atoms with Gasteiger partial charge < -0.3 is 4.42 Å². The lowest BCUT2D eigenvalue weighted by Gasteiger charge is -2.18. The van der Waals surface area contributed by atoms with Crippen molar-refractivity contribution in [2.75, 3.05) is 0 Å². The summed E-state index contributed by atoms with van der Waals surface area (Å²) in [7, 11) is 2.05. The lowest BCUT2D eigenvalue weighted by atomic mass is 9.88. The van der Waals surface area contributed by atoms with Crippen LogP contribution in [-0.4, -0.2) is 0 Å². The van der Waals surface area contributed by atoms with Crippen LogP contribution in [0.3, 0.4) is 0 Å². The van der Waals surface area contributed by atoms with Gasteiger partial charge in [-0.2, -0.15) is 0 Å². The van der Waals surface area contributed by atoms with Gasteiger partial charge in [-0.25, -0.2) is 8.96 Å². The van der Waals surface area contributed by atoms with E-state index < -0.39 is 0 Å². The molecule has 184 valence electrons. The highest BCUT2D eigenvalue weighted by Gasteiger charge is 2.24. The Labute approximate surface area is 217 Å². The molecule has 37 heavy (non-hydrogen) atoms. The molecule has 3 heteroatoms. The molecule has 0 saturated carbocycles. The van der Waals surface area contributed by atoms with E-state index in [2.05, 4.69) is 88.0 Å². The van der Waals surface area contributed by atoms with Gasteiger partial charge >= 0.3 is 0 Å². The van der Waals surface area contributed by atoms with Crippen molar-refractivity contribution in [3.05, 3.63) is 102 Å². The van der Waals surface area contributed by atoms with Gasteiger partial charge in [0.05, 0.1) is 10.9 Å². The monoisotopic (exact) mass is 488 g/mol. The average Bonchev–Trinajstić information content (AvgIpc) is 3.23. The molecule has 0 bridgehead atoms. The molecule has 0 N–H and O–H groups in total. The van der Waals surface area contributed by atoms with Crippen LogP contribution in [-0.2, 0) is 13.5 Å². The molecule has 6 aromatic rings. The quantitative estimate of drug-likeness (QED) is 0.227. The Balaban J connectivity index is 1.56. The summed E-state index contributed by atoms with van der Waals surface area (Å²) >= 11 is 0. The molecule has 0 aliphatic rings. The number of halogens is 1. The fourth-order valence-corrected chi connectivity index (χ4v) is 5.46. The second-order valence-corrected chi connectivity index (χ2v) is 11.4. The minimum atomic E-state index is -0.264. The molecule has 0 atom stereocenters. The predicted molar refractivity (Wildman–Crippen MR) is 151 cm³/mol. The van der Waals surface area contributed by atoms with Crippen molar-refractivity contribution in [3.63, 3.8) is 0 Å². The van der Waals surface area contributed by atoms with Crippen molar-refractivity contribution in [1.82, 2.24) is 0 Å². The third kappa shape index (κ3) is 4.19. The first-order valence-electron chi connectivity index (χ1n) is 12.8. The van der Waals surface area contributed by atoms with E-state index in [1.165, 1.54) is 10.9 Å². The van der Waals surface area contributed by atoms with Crippen molar-refractivity contribution in [2.24, 2.45) is 12.5 Å². The maximum Gasteiger partial charge on any atom is 0.216 e. The first-order valence-corrected chi connectivity index (χ1v) is 12.8. The SMILES string of the molecule is Cc1ccc2c(oc3cc(-c4ccc5ccccc5c4)cc(F)c32)c1-c1cc(CC(C)(C)C)cc[n+]1C. The Kier molecular flexibility index (Phi) is 5.41. The first kappa shape index (κ1) is 23.4. The van der Waals surface area contributed by atoms with Gasteiger partial charge in [-0.3, -0.25) is 0 Å². The van der Waals surface area contributed by atoms with Crippen molar-refractivity contribution in [1.29, 1.82) is 0 Å². The van der Waals surface area contributed by atoms with E-state index in [0.29, 0.717) is 11.0 Å². The predicted octanol–water partition coefficient (Wildman–Crippen LogP) is 8.93. The molecule has 4 aromatic carbocycles. The van der Waals surface area contributed by atoms with E-state index in [-0.39, 0.29) is 11.2 Å². The van der Waals surface area contributed by atoms with Crippen LogP contribution in [0.2, 0.25) is 0 Å². The standard InChI is InChI=1S/C34H31FNO/c1-21-10-13-27-32-28(35)18-26(25-12-11-23-8-6-7-9-24(23)17-25)19-30(32)37-33(27)31(21)29-16-22(14-15-36(29)5)20-34(2,3)4/h6-19H,20H2,1-5H3/q+1. The maximum absolute atomic E-state index is 15.7. The third-order valence-corrected chi connectivity index (χ3v) is 7.19. The topological polar surface area (TPSA) is 17.0 Å². The molecule has 0 aliphatic heterocycles. The van der Waals surface area contributed by atoms with Crippen LogP contribution in [0.1, 0.15) is 31.9 Å². The van der Waals surface area contributed by atoms with Gasteiger partial charge in [-0.05, 0) is 70.0 Å². The van der Waals surface area contributed by atoms with Crippen molar-refractivity contribution in [3.8, 4) is 22.4 Å². The molecule has 0 aliphatic carbocycles. The summed E-state index contributed by atoms with van der Waals surface area (Å²) < 4.78 is 24.3. The van der Waals surface area contributed by atoms with Gasteiger partial charge in [0.1, 0.15) is 24.0 Å². The van der Waals surface area contributed by atoms with Crippen molar-refractivity contribution < 1.29 is 13.4 Å². The van der Waals surface area contributed by atoms with E-state index in [1.54, 1.807) is 6.07 Å². The second-order valence-electron chi connectivity index (χ2n) is 11.4. The van der Waals surface area contributed by atoms with Crippen LogP contribution in [0.4, 0.5) is 4.39 Å². The van der Waals surface area contributed by atoms with Gasteiger partial charge in [-0.15, -0.1) is 0 Å². The van der Waals surface area contributed by atoms with Crippen LogP contribution in [0.5, 0.6) is 0 Å². The van der Waals surface area contributed by atoms with Crippen LogP contribution < -0.4 is 4.57 Å². The van der Waals surface area contributed by atoms with Gasteiger partial charge in [0.25, 0.3) is 0 Å². The Morgan fingerprint density at radius 3 is 2.41 bits per heavy atom. The maximum atomic E-state index is 15.7. The number of fused-ring (bicyclic) bond motifs is 4.